The summed E-state index contributed by atoms with van der Waals surface area (Å²) in [5.41, 5.74) is 0.301. The molecule has 0 radical (unpaired) electrons. The maximum atomic E-state index is 8.72. The van der Waals surface area contributed by atoms with E-state index in [1.165, 1.54) is 12.8 Å². The summed E-state index contributed by atoms with van der Waals surface area (Å²) in [7, 11) is 2.13. The van der Waals surface area contributed by atoms with Gasteiger partial charge in [0.25, 0.3) is 0 Å². The van der Waals surface area contributed by atoms with Crippen molar-refractivity contribution in [1.29, 1.82) is 5.26 Å². The van der Waals surface area contributed by atoms with E-state index in [1.807, 2.05) is 0 Å². The van der Waals surface area contributed by atoms with E-state index in [9.17, 15) is 0 Å². The fourth-order valence-corrected chi connectivity index (χ4v) is 2.25. The number of nitrogens with one attached hydrogen (secondary N) is 1. The molecule has 0 bridgehead atoms. The second-order valence-electron chi connectivity index (χ2n) is 5.22. The van der Waals surface area contributed by atoms with Gasteiger partial charge in [-0.25, -0.2) is 0 Å². The van der Waals surface area contributed by atoms with Crippen molar-refractivity contribution in [2.45, 2.75) is 25.4 Å². The molecule has 0 aromatic carbocycles. The van der Waals surface area contributed by atoms with Crippen LogP contribution in [0.4, 0.5) is 0 Å². The quantitative estimate of drug-likeness (QED) is 0.741. The Morgan fingerprint density at radius 3 is 3.00 bits per heavy atom. The van der Waals surface area contributed by atoms with Gasteiger partial charge in [-0.1, -0.05) is 0 Å². The van der Waals surface area contributed by atoms with Crippen molar-refractivity contribution in [2.75, 3.05) is 39.8 Å². The molecule has 2 rings (SSSR count). The number of nitriles is 1. The van der Waals surface area contributed by atoms with Gasteiger partial charge in [-0.2, -0.15) is 5.26 Å². The third kappa shape index (κ3) is 3.18. The molecule has 4 heteroatoms. The number of morpholine rings is 1. The minimum absolute atomic E-state index is 0.301. The van der Waals surface area contributed by atoms with Crippen LogP contribution in [0.3, 0.4) is 0 Å². The predicted molar refractivity (Wildman–Crippen MR) is 62.0 cm³/mol. The first-order valence-electron chi connectivity index (χ1n) is 6.12. The highest BCUT2D eigenvalue weighted by Crippen LogP contribution is 2.47. The van der Waals surface area contributed by atoms with Crippen molar-refractivity contribution >= 4 is 0 Å². The second kappa shape index (κ2) is 5.13. The summed E-state index contributed by atoms with van der Waals surface area (Å²) < 4.78 is 5.67. The molecule has 1 saturated carbocycles. The van der Waals surface area contributed by atoms with Crippen molar-refractivity contribution in [3.05, 3.63) is 0 Å². The Balaban J connectivity index is 1.63. The Morgan fingerprint density at radius 2 is 2.38 bits per heavy atom. The molecule has 1 N–H and O–H groups in total. The number of likely N-dealkylation sites (N-methyl/N-ethyl adjacent to an activating group) is 1. The van der Waals surface area contributed by atoms with Crippen LogP contribution in [0.1, 0.15) is 19.3 Å². The Hall–Kier alpha value is -0.630. The van der Waals surface area contributed by atoms with Crippen LogP contribution in [0, 0.1) is 16.7 Å². The number of hydrogen-bond donors (Lipinski definition) is 1. The van der Waals surface area contributed by atoms with Gasteiger partial charge in [0.1, 0.15) is 0 Å². The third-order valence-corrected chi connectivity index (χ3v) is 3.63. The fraction of sp³-hybridized carbons (Fsp3) is 0.917. The van der Waals surface area contributed by atoms with Crippen LogP contribution < -0.4 is 5.32 Å². The number of rotatable bonds is 5. The molecule has 4 nitrogen and oxygen atoms in total. The number of ether oxygens (including phenoxy) is 1. The van der Waals surface area contributed by atoms with E-state index in [4.69, 9.17) is 10.00 Å². The number of nitrogens with zero attached hydrogens (tertiary/aromatic N) is 2. The van der Waals surface area contributed by atoms with Crippen molar-refractivity contribution in [3.8, 4) is 6.07 Å². The molecule has 1 aliphatic heterocycles. The predicted octanol–water partition coefficient (Wildman–Crippen LogP) is 0.600. The molecule has 1 unspecified atom stereocenters. The maximum Gasteiger partial charge on any atom is 0.0826 e. The zero-order chi connectivity index (χ0) is 11.4. The van der Waals surface area contributed by atoms with Crippen molar-refractivity contribution in [1.82, 2.24) is 10.2 Å². The first-order chi connectivity index (χ1) is 7.74. The standard InChI is InChI=1S/C12H21N3O/c1-15-6-7-16-11(9-15)8-14-10-12(2-3-12)4-5-13/h11,14H,2-4,6-10H2,1H3. The first-order valence-corrected chi connectivity index (χ1v) is 6.12. The van der Waals surface area contributed by atoms with Crippen LogP contribution >= 0.6 is 0 Å². The Labute approximate surface area is 97.6 Å². The average molecular weight is 223 g/mol. The van der Waals surface area contributed by atoms with Gasteiger partial charge in [0.15, 0.2) is 0 Å². The lowest BCUT2D eigenvalue weighted by atomic mass is 10.0. The average Bonchev–Trinajstić information content (AvgIpc) is 2.99. The molecule has 1 heterocycles. The van der Waals surface area contributed by atoms with Crippen LogP contribution in [0.15, 0.2) is 0 Å². The monoisotopic (exact) mass is 223 g/mol. The summed E-state index contributed by atoms with van der Waals surface area (Å²) >= 11 is 0. The molecule has 0 amide bonds. The Kier molecular flexibility index (Phi) is 3.80. The normalized spacial score (nSPS) is 28.6. The minimum Gasteiger partial charge on any atom is -0.374 e. The lowest BCUT2D eigenvalue weighted by Crippen LogP contribution is -2.45. The second-order valence-corrected chi connectivity index (χ2v) is 5.22. The molecule has 0 aromatic rings. The van der Waals surface area contributed by atoms with E-state index in [2.05, 4.69) is 23.3 Å². The van der Waals surface area contributed by atoms with Crippen molar-refractivity contribution in [3.63, 3.8) is 0 Å². The zero-order valence-corrected chi connectivity index (χ0v) is 10.0. The fourth-order valence-electron chi connectivity index (χ4n) is 2.25. The Morgan fingerprint density at radius 1 is 1.56 bits per heavy atom. The van der Waals surface area contributed by atoms with Gasteiger partial charge in [0.05, 0.1) is 18.8 Å². The molecular weight excluding hydrogens is 202 g/mol. The lowest BCUT2D eigenvalue weighted by molar-refractivity contribution is -0.0184. The highest BCUT2D eigenvalue weighted by atomic mass is 16.5. The zero-order valence-electron chi connectivity index (χ0n) is 10.0. The molecule has 1 saturated heterocycles. The molecular formula is C12H21N3O. The molecule has 90 valence electrons. The van der Waals surface area contributed by atoms with E-state index < -0.39 is 0 Å². The molecule has 16 heavy (non-hydrogen) atoms. The van der Waals surface area contributed by atoms with Gasteiger partial charge >= 0.3 is 0 Å². The van der Waals surface area contributed by atoms with Crippen molar-refractivity contribution < 1.29 is 4.74 Å². The van der Waals surface area contributed by atoms with Gasteiger partial charge in [-0.15, -0.1) is 0 Å². The summed E-state index contributed by atoms with van der Waals surface area (Å²) in [5, 5.41) is 12.2. The van der Waals surface area contributed by atoms with Gasteiger partial charge in [0, 0.05) is 32.6 Å². The SMILES string of the molecule is CN1CCOC(CNCC2(CC#N)CC2)C1. The summed E-state index contributed by atoms with van der Waals surface area (Å²) in [6, 6.07) is 2.29. The summed E-state index contributed by atoms with van der Waals surface area (Å²) in [5.74, 6) is 0. The van der Waals surface area contributed by atoms with Gasteiger partial charge < -0.3 is 15.0 Å². The van der Waals surface area contributed by atoms with E-state index in [0.717, 1.165) is 32.8 Å². The first kappa shape index (κ1) is 11.8. The van der Waals surface area contributed by atoms with Crippen LogP contribution in [0.2, 0.25) is 0 Å². The van der Waals surface area contributed by atoms with E-state index in [1.54, 1.807) is 0 Å². The smallest absolute Gasteiger partial charge is 0.0826 e. The van der Waals surface area contributed by atoms with Crippen LogP contribution in [0.25, 0.3) is 0 Å². The summed E-state index contributed by atoms with van der Waals surface area (Å²) in [6.45, 7) is 4.78. The summed E-state index contributed by atoms with van der Waals surface area (Å²) in [6.07, 6.45) is 3.43. The topological polar surface area (TPSA) is 48.3 Å². The van der Waals surface area contributed by atoms with Crippen LogP contribution in [-0.2, 0) is 4.74 Å². The molecule has 2 aliphatic rings. The van der Waals surface area contributed by atoms with Crippen molar-refractivity contribution in [2.24, 2.45) is 5.41 Å². The molecule has 1 atom stereocenters. The highest BCUT2D eigenvalue weighted by Gasteiger charge is 2.41. The number of hydrogen-bond acceptors (Lipinski definition) is 4. The van der Waals surface area contributed by atoms with Crippen LogP contribution in [-0.4, -0.2) is 50.8 Å². The largest absolute Gasteiger partial charge is 0.374 e. The molecule has 0 aromatic heterocycles. The molecule has 2 fully saturated rings. The lowest BCUT2D eigenvalue weighted by Gasteiger charge is -2.30. The van der Waals surface area contributed by atoms with Crippen LogP contribution in [0.5, 0.6) is 0 Å². The van der Waals surface area contributed by atoms with E-state index >= 15 is 0 Å². The van der Waals surface area contributed by atoms with E-state index in [0.29, 0.717) is 17.9 Å². The summed E-state index contributed by atoms with van der Waals surface area (Å²) in [4.78, 5) is 2.30. The highest BCUT2D eigenvalue weighted by molar-refractivity contribution is 5.00. The van der Waals surface area contributed by atoms with Gasteiger partial charge in [-0.05, 0) is 25.3 Å². The maximum absolute atomic E-state index is 8.72. The molecule has 1 aliphatic carbocycles. The Bertz CT molecular complexity index is 270. The third-order valence-electron chi connectivity index (χ3n) is 3.63. The molecule has 0 spiro atoms. The van der Waals surface area contributed by atoms with Gasteiger partial charge in [0.2, 0.25) is 0 Å². The minimum atomic E-state index is 0.301. The van der Waals surface area contributed by atoms with Gasteiger partial charge in [-0.3, -0.25) is 0 Å². The van der Waals surface area contributed by atoms with E-state index in [-0.39, 0.29) is 0 Å².